The van der Waals surface area contributed by atoms with Gasteiger partial charge in [0, 0.05) is 38.3 Å². The molecule has 0 saturated carbocycles. The van der Waals surface area contributed by atoms with Gasteiger partial charge in [-0.1, -0.05) is 18.2 Å². The van der Waals surface area contributed by atoms with E-state index in [1.54, 1.807) is 7.11 Å². The lowest BCUT2D eigenvalue weighted by molar-refractivity contribution is -0.136. The molecule has 1 aromatic rings. The Hall–Kier alpha value is -1.59. The van der Waals surface area contributed by atoms with E-state index in [2.05, 4.69) is 10.2 Å². The molecular weight excluding hydrogens is 266 g/mol. The molecule has 0 aromatic heterocycles. The van der Waals surface area contributed by atoms with Crippen LogP contribution in [0.1, 0.15) is 12.5 Å². The summed E-state index contributed by atoms with van der Waals surface area (Å²) in [7, 11) is 3.66. The number of benzene rings is 1. The van der Waals surface area contributed by atoms with Crippen molar-refractivity contribution in [3.05, 3.63) is 29.8 Å². The summed E-state index contributed by atoms with van der Waals surface area (Å²) in [6, 6.07) is 7.81. The fourth-order valence-electron chi connectivity index (χ4n) is 2.58. The van der Waals surface area contributed by atoms with E-state index in [1.807, 2.05) is 43.1 Å². The molecule has 1 aliphatic heterocycles. The van der Waals surface area contributed by atoms with Gasteiger partial charge in [-0.2, -0.15) is 0 Å². The third kappa shape index (κ3) is 3.95. The van der Waals surface area contributed by atoms with E-state index in [0.717, 1.165) is 37.5 Å². The molecule has 1 aliphatic rings. The highest BCUT2D eigenvalue weighted by atomic mass is 16.5. The highest BCUT2D eigenvalue weighted by Crippen LogP contribution is 2.19. The van der Waals surface area contributed by atoms with E-state index in [1.165, 1.54) is 0 Å². The molecule has 1 amide bonds. The van der Waals surface area contributed by atoms with Gasteiger partial charge in [0.15, 0.2) is 0 Å². The number of amides is 1. The van der Waals surface area contributed by atoms with Crippen molar-refractivity contribution in [3.8, 4) is 5.75 Å². The molecule has 5 heteroatoms. The summed E-state index contributed by atoms with van der Waals surface area (Å²) in [5.74, 6) is 1.07. The van der Waals surface area contributed by atoms with Crippen LogP contribution in [0.15, 0.2) is 24.3 Å². The summed E-state index contributed by atoms with van der Waals surface area (Å²) in [6.07, 6.45) is 0. The van der Waals surface area contributed by atoms with Gasteiger partial charge < -0.3 is 15.0 Å². The van der Waals surface area contributed by atoms with Crippen LogP contribution in [0, 0.1) is 0 Å². The van der Waals surface area contributed by atoms with Gasteiger partial charge in [-0.25, -0.2) is 0 Å². The molecule has 1 unspecified atom stereocenters. The maximum absolute atomic E-state index is 12.5. The predicted octanol–water partition coefficient (Wildman–Crippen LogP) is 0.947. The lowest BCUT2D eigenvalue weighted by atomic mass is 10.1. The first-order valence-corrected chi connectivity index (χ1v) is 7.45. The van der Waals surface area contributed by atoms with Crippen molar-refractivity contribution in [1.82, 2.24) is 15.1 Å². The molecule has 116 valence electrons. The minimum atomic E-state index is -0.131. The van der Waals surface area contributed by atoms with E-state index < -0.39 is 0 Å². The van der Waals surface area contributed by atoms with Crippen molar-refractivity contribution in [3.63, 3.8) is 0 Å². The van der Waals surface area contributed by atoms with E-state index in [-0.39, 0.29) is 11.9 Å². The molecule has 2 rings (SSSR count). The second-order valence-electron chi connectivity index (χ2n) is 5.48. The first kappa shape index (κ1) is 15.8. The number of carbonyl (C=O) groups is 1. The lowest BCUT2D eigenvalue weighted by Gasteiger charge is -2.33. The van der Waals surface area contributed by atoms with Gasteiger partial charge in [-0.05, 0) is 20.0 Å². The first-order valence-electron chi connectivity index (χ1n) is 7.45. The van der Waals surface area contributed by atoms with Gasteiger partial charge in [0.2, 0.25) is 5.91 Å². The number of nitrogens with one attached hydrogen (secondary N) is 1. The van der Waals surface area contributed by atoms with Crippen molar-refractivity contribution < 1.29 is 9.53 Å². The number of nitrogens with zero attached hydrogens (tertiary/aromatic N) is 2. The molecule has 1 fully saturated rings. The Morgan fingerprint density at radius 3 is 2.71 bits per heavy atom. The van der Waals surface area contributed by atoms with Crippen molar-refractivity contribution in [1.29, 1.82) is 0 Å². The molecule has 1 N–H and O–H groups in total. The number of hydrogen-bond acceptors (Lipinski definition) is 4. The van der Waals surface area contributed by atoms with Crippen LogP contribution in [0.5, 0.6) is 5.75 Å². The number of ether oxygens (including phenoxy) is 1. The molecule has 0 bridgehead atoms. The highest BCUT2D eigenvalue weighted by Gasteiger charge is 2.25. The van der Waals surface area contributed by atoms with Gasteiger partial charge in [0.1, 0.15) is 5.75 Å². The van der Waals surface area contributed by atoms with Crippen molar-refractivity contribution in [2.45, 2.75) is 19.5 Å². The number of piperazine rings is 1. The normalized spacial score (nSPS) is 16.9. The Morgan fingerprint density at radius 1 is 1.38 bits per heavy atom. The second kappa shape index (κ2) is 7.43. The molecule has 0 radical (unpaired) electrons. The molecule has 1 aromatic carbocycles. The zero-order valence-corrected chi connectivity index (χ0v) is 13.1. The van der Waals surface area contributed by atoms with Crippen LogP contribution in [0.3, 0.4) is 0 Å². The monoisotopic (exact) mass is 291 g/mol. The van der Waals surface area contributed by atoms with Crippen LogP contribution >= 0.6 is 0 Å². The van der Waals surface area contributed by atoms with Crippen LogP contribution in [0.25, 0.3) is 0 Å². The first-order chi connectivity index (χ1) is 10.1. The number of rotatable bonds is 5. The summed E-state index contributed by atoms with van der Waals surface area (Å²) in [5, 5.41) is 3.27. The van der Waals surface area contributed by atoms with Gasteiger partial charge in [0.05, 0.1) is 13.2 Å². The summed E-state index contributed by atoms with van der Waals surface area (Å²) in [4.78, 5) is 16.5. The van der Waals surface area contributed by atoms with Crippen molar-refractivity contribution in [2.75, 3.05) is 40.3 Å². The summed E-state index contributed by atoms with van der Waals surface area (Å²) < 4.78 is 5.37. The molecule has 0 aliphatic carbocycles. The predicted molar refractivity (Wildman–Crippen MR) is 83.4 cm³/mol. The minimum Gasteiger partial charge on any atom is -0.496 e. The lowest BCUT2D eigenvalue weighted by Crippen LogP contribution is -2.52. The highest BCUT2D eigenvalue weighted by molar-refractivity contribution is 5.81. The average molecular weight is 291 g/mol. The smallest absolute Gasteiger partial charge is 0.239 e. The SMILES string of the molecule is COc1ccccc1CN(C)C(C)C(=O)N1CCNCC1. The minimum absolute atomic E-state index is 0.131. The maximum atomic E-state index is 12.5. The molecular formula is C16H25N3O2. The Balaban J connectivity index is 1.98. The van der Waals surface area contributed by atoms with E-state index >= 15 is 0 Å². The number of likely N-dealkylation sites (N-methyl/N-ethyl adjacent to an activating group) is 1. The van der Waals surface area contributed by atoms with E-state index in [4.69, 9.17) is 4.74 Å². The van der Waals surface area contributed by atoms with Gasteiger partial charge >= 0.3 is 0 Å². The summed E-state index contributed by atoms with van der Waals surface area (Å²) in [5.41, 5.74) is 1.10. The van der Waals surface area contributed by atoms with Crippen LogP contribution in [0.4, 0.5) is 0 Å². The van der Waals surface area contributed by atoms with E-state index in [9.17, 15) is 4.79 Å². The zero-order valence-electron chi connectivity index (χ0n) is 13.1. The fraction of sp³-hybridized carbons (Fsp3) is 0.562. The second-order valence-corrected chi connectivity index (χ2v) is 5.48. The molecule has 5 nitrogen and oxygen atoms in total. The van der Waals surface area contributed by atoms with Gasteiger partial charge in [-0.15, -0.1) is 0 Å². The van der Waals surface area contributed by atoms with Crippen LogP contribution in [-0.4, -0.2) is 62.1 Å². The van der Waals surface area contributed by atoms with Crippen LogP contribution in [0.2, 0.25) is 0 Å². The number of hydrogen-bond donors (Lipinski definition) is 1. The maximum Gasteiger partial charge on any atom is 0.239 e. The molecule has 0 spiro atoms. The summed E-state index contributed by atoms with van der Waals surface area (Å²) >= 11 is 0. The zero-order chi connectivity index (χ0) is 15.2. The number of para-hydroxylation sites is 1. The Morgan fingerprint density at radius 2 is 2.05 bits per heavy atom. The van der Waals surface area contributed by atoms with Crippen molar-refractivity contribution in [2.24, 2.45) is 0 Å². The van der Waals surface area contributed by atoms with Crippen molar-refractivity contribution >= 4 is 5.91 Å². The quantitative estimate of drug-likeness (QED) is 0.877. The Kier molecular flexibility index (Phi) is 5.59. The molecule has 1 heterocycles. The summed E-state index contributed by atoms with van der Waals surface area (Å²) in [6.45, 7) is 6.03. The van der Waals surface area contributed by atoms with Gasteiger partial charge in [0.25, 0.3) is 0 Å². The number of carbonyl (C=O) groups excluding carboxylic acids is 1. The Labute approximate surface area is 126 Å². The molecule has 21 heavy (non-hydrogen) atoms. The fourth-order valence-corrected chi connectivity index (χ4v) is 2.58. The topological polar surface area (TPSA) is 44.8 Å². The number of methoxy groups -OCH3 is 1. The average Bonchev–Trinajstić information content (AvgIpc) is 2.54. The molecule has 1 saturated heterocycles. The standard InChI is InChI=1S/C16H25N3O2/c1-13(16(20)19-10-8-17-9-11-19)18(2)12-14-6-4-5-7-15(14)21-3/h4-7,13,17H,8-12H2,1-3H3. The van der Waals surface area contributed by atoms with Crippen LogP contribution in [-0.2, 0) is 11.3 Å². The Bertz CT molecular complexity index is 472. The third-order valence-electron chi connectivity index (χ3n) is 4.06. The largest absolute Gasteiger partial charge is 0.496 e. The van der Waals surface area contributed by atoms with Gasteiger partial charge in [-0.3, -0.25) is 9.69 Å². The van der Waals surface area contributed by atoms with Crippen LogP contribution < -0.4 is 10.1 Å². The third-order valence-corrected chi connectivity index (χ3v) is 4.06. The molecule has 1 atom stereocenters. The van der Waals surface area contributed by atoms with E-state index in [0.29, 0.717) is 6.54 Å².